The summed E-state index contributed by atoms with van der Waals surface area (Å²) in [4.78, 5) is 37.1. The zero-order valence-corrected chi connectivity index (χ0v) is 24.9. The summed E-state index contributed by atoms with van der Waals surface area (Å²) < 4.78 is 12.8. The molecule has 2 amide bonds. The number of nitrogens with zero attached hydrogens (tertiary/aromatic N) is 1. The van der Waals surface area contributed by atoms with Crippen molar-refractivity contribution in [1.82, 2.24) is 0 Å². The molecule has 44 heavy (non-hydrogen) atoms. The van der Waals surface area contributed by atoms with Crippen molar-refractivity contribution in [3.63, 3.8) is 0 Å². The first-order chi connectivity index (χ1) is 21.3. The maximum absolute atomic E-state index is 13.2. The van der Waals surface area contributed by atoms with Gasteiger partial charge in [0.25, 0.3) is 0 Å². The predicted molar refractivity (Wildman–Crippen MR) is 170 cm³/mol. The third kappa shape index (κ3) is 5.47. The molecule has 2 N–H and O–H groups in total. The Morgan fingerprint density at radius 3 is 2.36 bits per heavy atom. The van der Waals surface area contributed by atoms with Crippen molar-refractivity contribution in [3.05, 3.63) is 96.1 Å². The molecule has 4 aromatic rings. The van der Waals surface area contributed by atoms with E-state index >= 15 is 0 Å². The fourth-order valence-corrected chi connectivity index (χ4v) is 7.21. The molecule has 4 aromatic carbocycles. The number of fused-ring (bicyclic) bond motifs is 6. The highest BCUT2D eigenvalue weighted by Gasteiger charge is 2.70. The zero-order valence-electron chi connectivity index (χ0n) is 24.9. The molecule has 3 fully saturated rings. The molecular weight excluding hydrogens is 554 g/mol. The number of quaternary nitrogens is 1. The molecule has 5 atom stereocenters. The normalized spacial score (nSPS) is 24.3. The Morgan fingerprint density at radius 2 is 1.61 bits per heavy atom. The first-order valence-electron chi connectivity index (χ1n) is 15.2. The number of carbonyl (C=O) groups excluding carboxylic acids is 3. The minimum Gasteiger partial charge on any atom is -0.445 e. The van der Waals surface area contributed by atoms with Gasteiger partial charge in [0, 0.05) is 36.1 Å². The third-order valence-electron chi connectivity index (χ3n) is 9.64. The molecule has 3 aliphatic heterocycles. The van der Waals surface area contributed by atoms with Gasteiger partial charge in [0.15, 0.2) is 0 Å². The summed E-state index contributed by atoms with van der Waals surface area (Å²) >= 11 is 0. The van der Waals surface area contributed by atoms with E-state index in [4.69, 9.17) is 9.47 Å². The highest BCUT2D eigenvalue weighted by molar-refractivity contribution is 5.96. The average molecular weight is 591 g/mol. The molecule has 0 aliphatic carbocycles. The number of carbonyl (C=O) groups is 3. The van der Waals surface area contributed by atoms with E-state index in [1.54, 1.807) is 6.07 Å². The first-order valence-corrected chi connectivity index (χ1v) is 15.2. The lowest BCUT2D eigenvalue weighted by Crippen LogP contribution is -2.60. The third-order valence-corrected chi connectivity index (χ3v) is 9.64. The molecule has 3 heterocycles. The van der Waals surface area contributed by atoms with Crippen LogP contribution in [-0.2, 0) is 20.7 Å². The van der Waals surface area contributed by atoms with Gasteiger partial charge in [-0.2, -0.15) is 0 Å². The van der Waals surface area contributed by atoms with Crippen LogP contribution in [0.15, 0.2) is 84.9 Å². The molecule has 8 heteroatoms. The van der Waals surface area contributed by atoms with Gasteiger partial charge in [0.1, 0.15) is 36.7 Å². The Kier molecular flexibility index (Phi) is 7.19. The molecular formula is C36H36N3O5+. The number of rotatable bonds is 8. The van der Waals surface area contributed by atoms with Gasteiger partial charge < -0.3 is 19.3 Å². The monoisotopic (exact) mass is 590 g/mol. The van der Waals surface area contributed by atoms with E-state index in [0.717, 1.165) is 51.1 Å². The van der Waals surface area contributed by atoms with Crippen LogP contribution in [0.25, 0.3) is 21.9 Å². The smallest absolute Gasteiger partial charge is 0.411 e. The lowest BCUT2D eigenvalue weighted by atomic mass is 9.96. The molecule has 3 aliphatic rings. The van der Waals surface area contributed by atoms with Crippen LogP contribution in [0.5, 0.6) is 0 Å². The number of likely N-dealkylation sites (N-methyl/N-ethyl adjacent to an activating group) is 1. The van der Waals surface area contributed by atoms with Crippen LogP contribution in [0.1, 0.15) is 35.2 Å². The number of hydrogen-bond acceptors (Lipinski definition) is 5. The molecule has 0 radical (unpaired) electrons. The Bertz CT molecular complexity index is 1730. The van der Waals surface area contributed by atoms with Crippen LogP contribution >= 0.6 is 0 Å². The number of anilines is 2. The maximum Gasteiger partial charge on any atom is 0.411 e. The molecule has 0 aromatic heterocycles. The van der Waals surface area contributed by atoms with Crippen LogP contribution in [-0.4, -0.2) is 67.3 Å². The van der Waals surface area contributed by atoms with Crippen molar-refractivity contribution in [3.8, 4) is 11.1 Å². The highest BCUT2D eigenvalue weighted by Crippen LogP contribution is 2.51. The molecule has 0 spiro atoms. The summed E-state index contributed by atoms with van der Waals surface area (Å²) in [7, 11) is 4.51. The Hall–Kier alpha value is -4.53. The molecule has 3 saturated heterocycles. The van der Waals surface area contributed by atoms with E-state index in [1.165, 1.54) is 0 Å². The second-order valence-electron chi connectivity index (χ2n) is 12.7. The minimum absolute atomic E-state index is 0.106. The minimum atomic E-state index is -0.458. The second kappa shape index (κ2) is 11.2. The quantitative estimate of drug-likeness (QED) is 0.145. The number of epoxide rings is 1. The Balaban J connectivity index is 1.02. The van der Waals surface area contributed by atoms with Crippen LogP contribution < -0.4 is 10.6 Å². The number of nitrogens with one attached hydrogen (secondary N) is 2. The van der Waals surface area contributed by atoms with E-state index in [1.807, 2.05) is 78.9 Å². The summed E-state index contributed by atoms with van der Waals surface area (Å²) in [5.41, 5.74) is 4.78. The Morgan fingerprint density at radius 1 is 0.886 bits per heavy atom. The van der Waals surface area contributed by atoms with Crippen molar-refractivity contribution in [1.29, 1.82) is 0 Å². The summed E-state index contributed by atoms with van der Waals surface area (Å²) in [5.74, 6) is -0.106. The topological polar surface area (TPSA) is 97.0 Å². The molecule has 7 rings (SSSR count). The molecule has 0 saturated carbocycles. The van der Waals surface area contributed by atoms with Crippen LogP contribution in [0.3, 0.4) is 0 Å². The van der Waals surface area contributed by atoms with Gasteiger partial charge in [-0.15, -0.1) is 0 Å². The summed E-state index contributed by atoms with van der Waals surface area (Å²) in [5, 5.41) is 7.89. The van der Waals surface area contributed by atoms with Crippen LogP contribution in [0.4, 0.5) is 16.2 Å². The van der Waals surface area contributed by atoms with E-state index in [-0.39, 0.29) is 18.4 Å². The van der Waals surface area contributed by atoms with E-state index in [2.05, 4.69) is 24.7 Å². The first kappa shape index (κ1) is 28.3. The number of benzene rings is 4. The average Bonchev–Trinajstić information content (AvgIpc) is 3.79. The van der Waals surface area contributed by atoms with Crippen molar-refractivity contribution in [2.24, 2.45) is 0 Å². The fraction of sp³-hybridized carbons (Fsp3) is 0.306. The number of ether oxygens (including phenoxy) is 2. The summed E-state index contributed by atoms with van der Waals surface area (Å²) in [6, 6.07) is 27.6. The highest BCUT2D eigenvalue weighted by atomic mass is 16.6. The molecule has 0 unspecified atom stereocenters. The SMILES string of the molecule is C[N+]1(C)[C@@H]2C[C@@H](OC(=O)Nc3cc(CCC(=O)Nc4ccc5cc(C=O)ccc5c4)ccc3-c3ccccc3)C[C@H]1[C@@H]1O[C@@H]12. The van der Waals surface area contributed by atoms with E-state index in [0.29, 0.717) is 47.7 Å². The Labute approximate surface area is 256 Å². The van der Waals surface area contributed by atoms with Gasteiger partial charge in [0.2, 0.25) is 5.91 Å². The number of amides is 2. The lowest BCUT2D eigenvalue weighted by Gasteiger charge is -2.45. The van der Waals surface area contributed by atoms with Gasteiger partial charge in [-0.3, -0.25) is 14.9 Å². The number of hydrogen-bond donors (Lipinski definition) is 2. The van der Waals surface area contributed by atoms with Gasteiger partial charge in [-0.05, 0) is 52.6 Å². The van der Waals surface area contributed by atoms with Crippen LogP contribution in [0, 0.1) is 0 Å². The van der Waals surface area contributed by atoms with Gasteiger partial charge in [0.05, 0.1) is 19.8 Å². The number of aldehydes is 1. The molecule has 224 valence electrons. The maximum atomic E-state index is 13.2. The number of aryl methyl sites for hydroxylation is 1. The van der Waals surface area contributed by atoms with Crippen molar-refractivity contribution < 1.29 is 28.3 Å². The number of morpholine rings is 1. The van der Waals surface area contributed by atoms with Crippen LogP contribution in [0.2, 0.25) is 0 Å². The van der Waals surface area contributed by atoms with Crippen molar-refractivity contribution in [2.75, 3.05) is 24.7 Å². The zero-order chi connectivity index (χ0) is 30.4. The summed E-state index contributed by atoms with van der Waals surface area (Å²) in [6.07, 6.45) is 3.20. The van der Waals surface area contributed by atoms with E-state index in [9.17, 15) is 14.4 Å². The standard InChI is InChI=1S/C36H35N3O5/c1-39(2)31-19-28(20-32(39)35-34(31)44-35)43-36(42)38-30-17-22(9-14-29(30)24-6-4-3-5-7-24)10-15-33(41)37-27-13-12-25-16-23(21-40)8-11-26(25)18-27/h3-9,11-14,16-18,21,28,31-32,34-35H,10,15,19-20H2,1-2H3,(H-,37,38,40,41,42)/p+1/t28-,31-,32+,34-,35+. The van der Waals surface area contributed by atoms with Gasteiger partial charge in [-0.1, -0.05) is 60.7 Å². The number of piperidine rings is 1. The second-order valence-corrected chi connectivity index (χ2v) is 12.7. The molecule has 2 bridgehead atoms. The van der Waals surface area contributed by atoms with Gasteiger partial charge in [-0.25, -0.2) is 4.79 Å². The molecule has 8 nitrogen and oxygen atoms in total. The largest absolute Gasteiger partial charge is 0.445 e. The van der Waals surface area contributed by atoms with Crippen molar-refractivity contribution in [2.45, 2.75) is 56.1 Å². The van der Waals surface area contributed by atoms with E-state index < -0.39 is 6.09 Å². The van der Waals surface area contributed by atoms with Crippen molar-refractivity contribution >= 4 is 40.4 Å². The summed E-state index contributed by atoms with van der Waals surface area (Å²) in [6.45, 7) is 0. The predicted octanol–water partition coefficient (Wildman–Crippen LogP) is 6.20. The fourth-order valence-electron chi connectivity index (χ4n) is 7.21. The van der Waals surface area contributed by atoms with Gasteiger partial charge >= 0.3 is 6.09 Å². The lowest BCUT2D eigenvalue weighted by molar-refractivity contribution is -0.938.